The number of aromatic nitrogens is 2. The molecule has 172 valence electrons. The second kappa shape index (κ2) is 11.8. The number of carbonyl (C=O) groups excluding carboxylic acids is 1. The molecule has 0 spiro atoms. The molecule has 2 N–H and O–H groups in total. The quantitative estimate of drug-likeness (QED) is 0.411. The molecule has 1 aromatic heterocycles. The first kappa shape index (κ1) is 24.8. The maximum atomic E-state index is 12.4. The molecule has 1 fully saturated rings. The first-order valence-electron chi connectivity index (χ1n) is 11.3. The predicted molar refractivity (Wildman–Crippen MR) is 114 cm³/mol. The van der Waals surface area contributed by atoms with Crippen molar-refractivity contribution in [2.45, 2.75) is 103 Å². The molecule has 2 atom stereocenters. The molecule has 0 aliphatic heterocycles. The van der Waals surface area contributed by atoms with Crippen molar-refractivity contribution in [2.24, 2.45) is 5.92 Å². The van der Waals surface area contributed by atoms with Gasteiger partial charge >= 0.3 is 5.97 Å². The molecule has 8 nitrogen and oxygen atoms in total. The van der Waals surface area contributed by atoms with Gasteiger partial charge in [-0.15, -0.1) is 0 Å². The average Bonchev–Trinajstić information content (AvgIpc) is 3.13. The lowest BCUT2D eigenvalue weighted by Crippen LogP contribution is -2.40. The SMILES string of the molecule is CN(C)C(O)NCc1noc([C@H](CCCC2CCCCC2)CC(=O)OC(C)(C)C)n1. The third-order valence-electron chi connectivity index (χ3n) is 5.49. The summed E-state index contributed by atoms with van der Waals surface area (Å²) in [6.45, 7) is 5.89. The van der Waals surface area contributed by atoms with Crippen LogP contribution in [-0.4, -0.2) is 52.2 Å². The van der Waals surface area contributed by atoms with E-state index in [1.807, 2.05) is 20.8 Å². The minimum absolute atomic E-state index is 0.150. The molecule has 0 radical (unpaired) electrons. The second-order valence-electron chi connectivity index (χ2n) is 9.69. The highest BCUT2D eigenvalue weighted by atomic mass is 16.6. The van der Waals surface area contributed by atoms with Gasteiger partial charge in [-0.2, -0.15) is 4.98 Å². The van der Waals surface area contributed by atoms with E-state index in [1.165, 1.54) is 38.5 Å². The van der Waals surface area contributed by atoms with Crippen LogP contribution in [0.3, 0.4) is 0 Å². The zero-order valence-electron chi connectivity index (χ0n) is 19.3. The van der Waals surface area contributed by atoms with E-state index in [0.717, 1.165) is 18.8 Å². The first-order chi connectivity index (χ1) is 14.1. The Morgan fingerprint density at radius 3 is 2.63 bits per heavy atom. The van der Waals surface area contributed by atoms with Gasteiger partial charge in [-0.3, -0.25) is 15.0 Å². The summed E-state index contributed by atoms with van der Waals surface area (Å²) < 4.78 is 11.0. The molecular formula is C22H40N4O4. The number of carbonyl (C=O) groups is 1. The number of rotatable bonds is 11. The number of nitrogens with one attached hydrogen (secondary N) is 1. The van der Waals surface area contributed by atoms with Crippen LogP contribution in [-0.2, 0) is 16.1 Å². The molecule has 8 heteroatoms. The van der Waals surface area contributed by atoms with E-state index < -0.39 is 12.0 Å². The Labute approximate surface area is 180 Å². The smallest absolute Gasteiger partial charge is 0.307 e. The van der Waals surface area contributed by atoms with Gasteiger partial charge in [0, 0.05) is 5.92 Å². The van der Waals surface area contributed by atoms with Crippen molar-refractivity contribution in [2.75, 3.05) is 14.1 Å². The minimum atomic E-state index is -0.792. The van der Waals surface area contributed by atoms with Crippen LogP contribution < -0.4 is 5.32 Å². The van der Waals surface area contributed by atoms with Crippen molar-refractivity contribution in [1.29, 1.82) is 0 Å². The van der Waals surface area contributed by atoms with Crippen LogP contribution in [0.15, 0.2) is 4.52 Å². The molecule has 1 aromatic rings. The molecule has 1 unspecified atom stereocenters. The van der Waals surface area contributed by atoms with Crippen molar-refractivity contribution in [3.8, 4) is 0 Å². The van der Waals surface area contributed by atoms with Crippen molar-refractivity contribution in [1.82, 2.24) is 20.4 Å². The number of aliphatic hydroxyl groups excluding tert-OH is 1. The van der Waals surface area contributed by atoms with Crippen molar-refractivity contribution in [3.63, 3.8) is 0 Å². The van der Waals surface area contributed by atoms with E-state index in [0.29, 0.717) is 11.7 Å². The molecule has 30 heavy (non-hydrogen) atoms. The second-order valence-corrected chi connectivity index (χ2v) is 9.69. The lowest BCUT2D eigenvalue weighted by atomic mass is 9.84. The van der Waals surface area contributed by atoms with Crippen LogP contribution in [0.5, 0.6) is 0 Å². The topological polar surface area (TPSA) is 101 Å². The van der Waals surface area contributed by atoms with Crippen LogP contribution in [0.1, 0.15) is 96.2 Å². The first-order valence-corrected chi connectivity index (χ1v) is 11.3. The Bertz CT molecular complexity index is 635. The monoisotopic (exact) mass is 424 g/mol. The third-order valence-corrected chi connectivity index (χ3v) is 5.49. The van der Waals surface area contributed by atoms with Crippen molar-refractivity contribution >= 4 is 5.97 Å². The molecule has 1 aliphatic rings. The standard InChI is InChI=1S/C22H40N4O4/c1-22(2,3)29-19(27)14-17(13-9-12-16-10-7-6-8-11-16)20-24-18(25-30-20)15-23-21(28)26(4)5/h16-17,21,23,28H,6-15H2,1-5H3/t17-,21?/m1/s1. The summed E-state index contributed by atoms with van der Waals surface area (Å²) in [5.41, 5.74) is -0.518. The summed E-state index contributed by atoms with van der Waals surface area (Å²) in [5, 5.41) is 16.8. The van der Waals surface area contributed by atoms with Crippen LogP contribution >= 0.6 is 0 Å². The van der Waals surface area contributed by atoms with Crippen LogP contribution in [0.25, 0.3) is 0 Å². The molecule has 1 saturated carbocycles. The Hall–Kier alpha value is -1.51. The highest BCUT2D eigenvalue weighted by Gasteiger charge is 2.26. The van der Waals surface area contributed by atoms with E-state index >= 15 is 0 Å². The zero-order valence-corrected chi connectivity index (χ0v) is 19.3. The van der Waals surface area contributed by atoms with Gasteiger partial charge in [0.25, 0.3) is 0 Å². The molecule has 0 aromatic carbocycles. The Kier molecular flexibility index (Phi) is 9.71. The number of esters is 1. The minimum Gasteiger partial charge on any atom is -0.460 e. The molecule has 2 rings (SSSR count). The van der Waals surface area contributed by atoms with Crippen LogP contribution in [0.2, 0.25) is 0 Å². The fourth-order valence-electron chi connectivity index (χ4n) is 3.90. The van der Waals surface area contributed by atoms with E-state index in [-0.39, 0.29) is 24.9 Å². The van der Waals surface area contributed by atoms with Gasteiger partial charge in [-0.1, -0.05) is 50.1 Å². The fraction of sp³-hybridized carbons (Fsp3) is 0.864. The summed E-state index contributed by atoms with van der Waals surface area (Å²) >= 11 is 0. The van der Waals surface area contributed by atoms with E-state index in [9.17, 15) is 9.90 Å². The molecule has 0 saturated heterocycles. The average molecular weight is 425 g/mol. The van der Waals surface area contributed by atoms with Crippen LogP contribution in [0.4, 0.5) is 0 Å². The van der Waals surface area contributed by atoms with E-state index in [4.69, 9.17) is 9.26 Å². The van der Waals surface area contributed by atoms with Gasteiger partial charge in [0.15, 0.2) is 12.2 Å². The Morgan fingerprint density at radius 2 is 2.00 bits per heavy atom. The Morgan fingerprint density at radius 1 is 1.30 bits per heavy atom. The largest absolute Gasteiger partial charge is 0.460 e. The maximum absolute atomic E-state index is 12.4. The lowest BCUT2D eigenvalue weighted by Gasteiger charge is -2.23. The number of hydrogen-bond acceptors (Lipinski definition) is 8. The van der Waals surface area contributed by atoms with Gasteiger partial charge in [-0.05, 0) is 47.2 Å². The zero-order chi connectivity index (χ0) is 22.1. The van der Waals surface area contributed by atoms with Gasteiger partial charge in [0.1, 0.15) is 5.60 Å². The highest BCUT2D eigenvalue weighted by Crippen LogP contribution is 2.31. The van der Waals surface area contributed by atoms with Crippen molar-refractivity contribution < 1.29 is 19.2 Å². The summed E-state index contributed by atoms with van der Waals surface area (Å²) in [5.74, 6) is 1.35. The van der Waals surface area contributed by atoms with Crippen LogP contribution in [0, 0.1) is 5.92 Å². The fourth-order valence-corrected chi connectivity index (χ4v) is 3.90. The third kappa shape index (κ3) is 9.10. The summed E-state index contributed by atoms with van der Waals surface area (Å²) in [4.78, 5) is 18.6. The van der Waals surface area contributed by atoms with Crippen molar-refractivity contribution in [3.05, 3.63) is 11.7 Å². The number of hydrogen-bond donors (Lipinski definition) is 2. The summed E-state index contributed by atoms with van der Waals surface area (Å²) in [6, 6.07) is 0. The summed E-state index contributed by atoms with van der Waals surface area (Å²) in [7, 11) is 3.53. The number of ether oxygens (including phenoxy) is 1. The van der Waals surface area contributed by atoms with Gasteiger partial charge < -0.3 is 14.4 Å². The Balaban J connectivity index is 1.96. The van der Waals surface area contributed by atoms with E-state index in [2.05, 4.69) is 15.5 Å². The molecule has 0 amide bonds. The maximum Gasteiger partial charge on any atom is 0.307 e. The number of nitrogens with zero attached hydrogens (tertiary/aromatic N) is 3. The van der Waals surface area contributed by atoms with Gasteiger partial charge in [-0.25, -0.2) is 0 Å². The molecule has 0 bridgehead atoms. The molecule has 1 aliphatic carbocycles. The highest BCUT2D eigenvalue weighted by molar-refractivity contribution is 5.70. The van der Waals surface area contributed by atoms with Gasteiger partial charge in [0.05, 0.1) is 13.0 Å². The molecule has 1 heterocycles. The number of aliphatic hydroxyl groups is 1. The lowest BCUT2D eigenvalue weighted by molar-refractivity contribution is -0.155. The predicted octanol–water partition coefficient (Wildman–Crippen LogP) is 3.56. The van der Waals surface area contributed by atoms with Gasteiger partial charge in [0.2, 0.25) is 5.89 Å². The van der Waals surface area contributed by atoms with E-state index in [1.54, 1.807) is 19.0 Å². The normalized spacial score (nSPS) is 17.8. The molecular weight excluding hydrogens is 384 g/mol. The summed E-state index contributed by atoms with van der Waals surface area (Å²) in [6.07, 6.45) is 9.16.